The Morgan fingerprint density at radius 1 is 1.15 bits per heavy atom. The van der Waals surface area contributed by atoms with Crippen molar-refractivity contribution in [1.29, 1.82) is 0 Å². The number of piperidine rings is 1. The third-order valence-corrected chi connectivity index (χ3v) is 3.86. The van der Waals surface area contributed by atoms with Gasteiger partial charge >= 0.3 is 0 Å². The van der Waals surface area contributed by atoms with E-state index in [9.17, 15) is 4.39 Å². The topological polar surface area (TPSA) is 29.0 Å². The standard InChI is InChI=1S/C16H18FN3/c17-14-6-4-13(5-7-14)11-20-10-2-1-3-16(20)15-8-9-18-12-19-15/h4-9,12,16H,1-3,10-11H2/t16-/m0/s1. The van der Waals surface area contributed by atoms with Gasteiger partial charge in [-0.15, -0.1) is 0 Å². The number of nitrogens with zero attached hydrogens (tertiary/aromatic N) is 3. The minimum absolute atomic E-state index is 0.181. The van der Waals surface area contributed by atoms with Crippen LogP contribution in [0.3, 0.4) is 0 Å². The third kappa shape index (κ3) is 3.02. The third-order valence-electron chi connectivity index (χ3n) is 3.86. The Labute approximate surface area is 118 Å². The molecular formula is C16H18FN3. The van der Waals surface area contributed by atoms with Gasteiger partial charge in [-0.05, 0) is 43.1 Å². The summed E-state index contributed by atoms with van der Waals surface area (Å²) in [4.78, 5) is 10.8. The number of rotatable bonds is 3. The van der Waals surface area contributed by atoms with Gasteiger partial charge in [0.15, 0.2) is 0 Å². The Balaban J connectivity index is 1.77. The van der Waals surface area contributed by atoms with Gasteiger partial charge in [-0.2, -0.15) is 0 Å². The molecule has 1 saturated heterocycles. The van der Waals surface area contributed by atoms with Crippen LogP contribution in [0.2, 0.25) is 0 Å². The van der Waals surface area contributed by atoms with E-state index in [0.717, 1.165) is 30.8 Å². The predicted molar refractivity (Wildman–Crippen MR) is 75.4 cm³/mol. The molecule has 20 heavy (non-hydrogen) atoms. The van der Waals surface area contributed by atoms with Crippen molar-refractivity contribution < 1.29 is 4.39 Å². The highest BCUT2D eigenvalue weighted by Gasteiger charge is 2.24. The van der Waals surface area contributed by atoms with Crippen molar-refractivity contribution in [3.8, 4) is 0 Å². The first kappa shape index (κ1) is 13.2. The van der Waals surface area contributed by atoms with E-state index in [2.05, 4.69) is 14.9 Å². The molecule has 0 aliphatic carbocycles. The van der Waals surface area contributed by atoms with Crippen molar-refractivity contribution in [3.05, 3.63) is 59.9 Å². The summed E-state index contributed by atoms with van der Waals surface area (Å²) in [5.74, 6) is -0.181. The maximum absolute atomic E-state index is 13.0. The molecular weight excluding hydrogens is 253 g/mol. The molecule has 0 saturated carbocycles. The number of halogens is 1. The molecule has 0 radical (unpaired) electrons. The molecule has 4 heteroatoms. The smallest absolute Gasteiger partial charge is 0.123 e. The monoisotopic (exact) mass is 271 g/mol. The van der Waals surface area contributed by atoms with Crippen LogP contribution in [0.15, 0.2) is 42.9 Å². The fourth-order valence-corrected chi connectivity index (χ4v) is 2.84. The number of hydrogen-bond acceptors (Lipinski definition) is 3. The molecule has 1 aromatic heterocycles. The Bertz CT molecular complexity index is 541. The van der Waals surface area contributed by atoms with Crippen LogP contribution in [0.1, 0.15) is 36.6 Å². The molecule has 1 aliphatic heterocycles. The summed E-state index contributed by atoms with van der Waals surface area (Å²) < 4.78 is 13.0. The Morgan fingerprint density at radius 2 is 2.00 bits per heavy atom. The van der Waals surface area contributed by atoms with Crippen LogP contribution in [0, 0.1) is 5.82 Å². The van der Waals surface area contributed by atoms with Gasteiger partial charge in [0.25, 0.3) is 0 Å². The maximum Gasteiger partial charge on any atom is 0.123 e. The van der Waals surface area contributed by atoms with E-state index in [1.54, 1.807) is 12.5 Å². The summed E-state index contributed by atoms with van der Waals surface area (Å²) in [5.41, 5.74) is 2.23. The minimum Gasteiger partial charge on any atom is -0.291 e. The molecule has 1 aromatic carbocycles. The number of hydrogen-bond donors (Lipinski definition) is 0. The first-order chi connectivity index (χ1) is 9.83. The van der Waals surface area contributed by atoms with Crippen LogP contribution in [0.25, 0.3) is 0 Å². The highest BCUT2D eigenvalue weighted by Crippen LogP contribution is 2.30. The van der Waals surface area contributed by atoms with Gasteiger partial charge in [0, 0.05) is 12.7 Å². The van der Waals surface area contributed by atoms with Gasteiger partial charge in [0.1, 0.15) is 12.1 Å². The normalized spacial score (nSPS) is 19.9. The summed E-state index contributed by atoms with van der Waals surface area (Å²) in [5, 5.41) is 0. The van der Waals surface area contributed by atoms with E-state index in [1.165, 1.54) is 25.0 Å². The van der Waals surface area contributed by atoms with Crippen LogP contribution in [-0.2, 0) is 6.54 Å². The second-order valence-electron chi connectivity index (χ2n) is 5.24. The lowest BCUT2D eigenvalue weighted by Gasteiger charge is -2.35. The molecule has 3 nitrogen and oxygen atoms in total. The van der Waals surface area contributed by atoms with Crippen LogP contribution in [0.4, 0.5) is 4.39 Å². The number of likely N-dealkylation sites (tertiary alicyclic amines) is 1. The lowest BCUT2D eigenvalue weighted by Crippen LogP contribution is -2.33. The minimum atomic E-state index is -0.181. The molecule has 1 atom stereocenters. The first-order valence-corrected chi connectivity index (χ1v) is 7.07. The molecule has 0 spiro atoms. The van der Waals surface area contributed by atoms with Gasteiger partial charge in [0.2, 0.25) is 0 Å². The van der Waals surface area contributed by atoms with Crippen LogP contribution >= 0.6 is 0 Å². The van der Waals surface area contributed by atoms with Crippen LogP contribution in [-0.4, -0.2) is 21.4 Å². The lowest BCUT2D eigenvalue weighted by atomic mass is 9.98. The van der Waals surface area contributed by atoms with Crippen LogP contribution in [0.5, 0.6) is 0 Å². The summed E-state index contributed by atoms with van der Waals surface area (Å²) in [6, 6.07) is 9.12. The summed E-state index contributed by atoms with van der Waals surface area (Å²) in [6.07, 6.45) is 6.97. The first-order valence-electron chi connectivity index (χ1n) is 7.07. The van der Waals surface area contributed by atoms with Crippen molar-refractivity contribution in [1.82, 2.24) is 14.9 Å². The molecule has 1 aliphatic rings. The second-order valence-corrected chi connectivity index (χ2v) is 5.24. The van der Waals surface area contributed by atoms with Crippen molar-refractivity contribution in [3.63, 3.8) is 0 Å². The lowest BCUT2D eigenvalue weighted by molar-refractivity contribution is 0.137. The van der Waals surface area contributed by atoms with E-state index in [-0.39, 0.29) is 5.82 Å². The fraction of sp³-hybridized carbons (Fsp3) is 0.375. The Morgan fingerprint density at radius 3 is 2.75 bits per heavy atom. The van der Waals surface area contributed by atoms with Gasteiger partial charge in [0.05, 0.1) is 11.7 Å². The van der Waals surface area contributed by atoms with Crippen molar-refractivity contribution in [2.24, 2.45) is 0 Å². The zero-order valence-electron chi connectivity index (χ0n) is 11.4. The van der Waals surface area contributed by atoms with Crippen molar-refractivity contribution >= 4 is 0 Å². The predicted octanol–water partition coefficient (Wildman–Crippen LogP) is 3.34. The SMILES string of the molecule is Fc1ccc(CN2CCCC[C@H]2c2ccncn2)cc1. The highest BCUT2D eigenvalue weighted by atomic mass is 19.1. The summed E-state index contributed by atoms with van der Waals surface area (Å²) in [6.45, 7) is 1.90. The van der Waals surface area contributed by atoms with E-state index in [1.807, 2.05) is 18.2 Å². The molecule has 0 N–H and O–H groups in total. The van der Waals surface area contributed by atoms with Crippen molar-refractivity contribution in [2.75, 3.05) is 6.54 Å². The van der Waals surface area contributed by atoms with Gasteiger partial charge < -0.3 is 0 Å². The quantitative estimate of drug-likeness (QED) is 0.857. The van der Waals surface area contributed by atoms with Gasteiger partial charge in [-0.3, -0.25) is 4.90 Å². The maximum atomic E-state index is 13.0. The Kier molecular flexibility index (Phi) is 4.02. The zero-order valence-corrected chi connectivity index (χ0v) is 11.4. The number of benzene rings is 1. The van der Waals surface area contributed by atoms with E-state index < -0.39 is 0 Å². The molecule has 0 amide bonds. The molecule has 3 rings (SSSR count). The van der Waals surface area contributed by atoms with Crippen molar-refractivity contribution in [2.45, 2.75) is 31.8 Å². The zero-order chi connectivity index (χ0) is 13.8. The average molecular weight is 271 g/mol. The Hall–Kier alpha value is -1.81. The number of aromatic nitrogens is 2. The van der Waals surface area contributed by atoms with E-state index >= 15 is 0 Å². The molecule has 0 unspecified atom stereocenters. The van der Waals surface area contributed by atoms with E-state index in [4.69, 9.17) is 0 Å². The highest BCUT2D eigenvalue weighted by molar-refractivity contribution is 5.17. The summed E-state index contributed by atoms with van der Waals surface area (Å²) in [7, 11) is 0. The second kappa shape index (κ2) is 6.09. The summed E-state index contributed by atoms with van der Waals surface area (Å²) >= 11 is 0. The van der Waals surface area contributed by atoms with Gasteiger partial charge in [-0.1, -0.05) is 18.6 Å². The molecule has 0 bridgehead atoms. The fourth-order valence-electron chi connectivity index (χ4n) is 2.84. The average Bonchev–Trinajstić information content (AvgIpc) is 2.51. The largest absolute Gasteiger partial charge is 0.291 e. The van der Waals surface area contributed by atoms with E-state index in [0.29, 0.717) is 6.04 Å². The van der Waals surface area contributed by atoms with Crippen LogP contribution < -0.4 is 0 Å². The molecule has 1 fully saturated rings. The molecule has 2 heterocycles. The van der Waals surface area contributed by atoms with Gasteiger partial charge in [-0.25, -0.2) is 14.4 Å². The molecule has 104 valence electrons. The molecule has 2 aromatic rings.